The van der Waals surface area contributed by atoms with Gasteiger partial charge < -0.3 is 9.47 Å². The monoisotopic (exact) mass is 600 g/mol. The molecule has 1 aromatic rings. The fourth-order valence-electron chi connectivity index (χ4n) is 2.73. The van der Waals surface area contributed by atoms with Gasteiger partial charge in [-0.05, 0) is 57.7 Å². The Morgan fingerprint density at radius 2 is 1.59 bits per heavy atom. The normalized spacial score (nSPS) is 13.9. The molecule has 0 aliphatic rings. The van der Waals surface area contributed by atoms with Gasteiger partial charge in [0.2, 0.25) is 0 Å². The minimum Gasteiger partial charge on any atom is -0.428 e. The van der Waals surface area contributed by atoms with Crippen LogP contribution in [0.2, 0.25) is 0 Å². The van der Waals surface area contributed by atoms with E-state index in [-0.39, 0.29) is 24.3 Å². The lowest BCUT2D eigenvalue weighted by molar-refractivity contribution is 0.0205. The van der Waals surface area contributed by atoms with Gasteiger partial charge in [-0.25, -0.2) is 4.79 Å². The minimum atomic E-state index is -0.808. The van der Waals surface area contributed by atoms with Crippen molar-refractivity contribution in [2.45, 2.75) is 80.2 Å². The van der Waals surface area contributed by atoms with E-state index in [1.807, 2.05) is 12.1 Å². The van der Waals surface area contributed by atoms with Crippen LogP contribution in [0.25, 0.3) is 0 Å². The Hall–Kier alpha value is -0.380. The molecule has 1 atom stereocenters. The molecule has 0 aromatic heterocycles. The van der Waals surface area contributed by atoms with E-state index in [9.17, 15) is 9.59 Å². The lowest BCUT2D eigenvalue weighted by Gasteiger charge is -2.34. The molecule has 6 heteroatoms. The summed E-state index contributed by atoms with van der Waals surface area (Å²) in [4.78, 5) is 24.2. The zero-order chi connectivity index (χ0) is 21.2. The summed E-state index contributed by atoms with van der Waals surface area (Å²) in [6.07, 6.45) is 0.157. The molecule has 0 fully saturated rings. The van der Waals surface area contributed by atoms with Crippen molar-refractivity contribution < 1.29 is 19.1 Å². The average Bonchev–Trinajstić information content (AvgIpc) is 2.41. The summed E-state index contributed by atoms with van der Waals surface area (Å²) in [6.45, 7) is 15.6. The Kier molecular flexibility index (Phi) is 8.19. The Morgan fingerprint density at radius 3 is 2.00 bits per heavy atom. The number of rotatable bonds is 6. The van der Waals surface area contributed by atoms with E-state index in [2.05, 4.69) is 72.9 Å². The molecule has 0 bridgehead atoms. The molecule has 1 aromatic carbocycles. The number of hydrogen-bond acceptors (Lipinski definition) is 4. The molecule has 27 heavy (non-hydrogen) atoms. The van der Waals surface area contributed by atoms with E-state index in [1.54, 1.807) is 26.8 Å². The number of ketones is 1. The van der Waals surface area contributed by atoms with Crippen molar-refractivity contribution in [2.75, 3.05) is 0 Å². The topological polar surface area (TPSA) is 52.6 Å². The highest BCUT2D eigenvalue weighted by molar-refractivity contribution is 14.1. The van der Waals surface area contributed by atoms with Crippen LogP contribution >= 0.6 is 45.2 Å². The maximum atomic E-state index is 12.2. The number of carbonyl (C=O) groups is 2. The van der Waals surface area contributed by atoms with E-state index in [0.717, 1.165) is 12.0 Å². The van der Waals surface area contributed by atoms with Crippen molar-refractivity contribution in [2.24, 2.45) is 0 Å². The van der Waals surface area contributed by atoms with Gasteiger partial charge in [0.15, 0.2) is 5.78 Å². The van der Waals surface area contributed by atoms with Gasteiger partial charge in [-0.15, -0.1) is 0 Å². The van der Waals surface area contributed by atoms with Crippen LogP contribution in [0.1, 0.15) is 83.7 Å². The smallest absolute Gasteiger partial charge is 0.428 e. The van der Waals surface area contributed by atoms with E-state index >= 15 is 0 Å². The standard InChI is InChI=1S/C21H30I2O4/c1-13(24)15-11-14(16(21(7,8)23)12-20(5,6)22)9-10-17(15)26-18(25)27-19(2,3)4/h9-11,16H,12H2,1-8H3. The first-order chi connectivity index (χ1) is 12.0. The highest BCUT2D eigenvalue weighted by Gasteiger charge is 2.33. The molecule has 0 heterocycles. The van der Waals surface area contributed by atoms with Crippen LogP contribution in [0.15, 0.2) is 18.2 Å². The maximum absolute atomic E-state index is 12.2. The molecule has 0 amide bonds. The molecule has 0 saturated heterocycles. The third-order valence-corrected chi connectivity index (χ3v) is 5.08. The quantitative estimate of drug-likeness (QED) is 0.115. The van der Waals surface area contributed by atoms with Crippen LogP contribution in [0.5, 0.6) is 5.75 Å². The molecule has 1 rings (SSSR count). The SMILES string of the molecule is CC(=O)c1cc(C(CC(C)(C)I)C(C)(C)I)ccc1OC(=O)OC(C)(C)C. The number of halogens is 2. The molecular formula is C21H30I2O4. The third-order valence-electron chi connectivity index (χ3n) is 3.89. The number of benzene rings is 1. The molecule has 4 nitrogen and oxygen atoms in total. The number of ether oxygens (including phenoxy) is 2. The first-order valence-corrected chi connectivity index (χ1v) is 11.1. The van der Waals surface area contributed by atoms with Gasteiger partial charge in [0.05, 0.1) is 5.56 Å². The van der Waals surface area contributed by atoms with Gasteiger partial charge in [-0.3, -0.25) is 4.79 Å². The molecule has 0 saturated carbocycles. The van der Waals surface area contributed by atoms with E-state index in [1.165, 1.54) is 6.92 Å². The second kappa shape index (κ2) is 8.97. The molecule has 0 radical (unpaired) electrons. The van der Waals surface area contributed by atoms with Crippen molar-refractivity contribution >= 4 is 57.1 Å². The Bertz CT molecular complexity index is 692. The van der Waals surface area contributed by atoms with Crippen LogP contribution in [-0.2, 0) is 4.74 Å². The minimum absolute atomic E-state index is 0.00179. The predicted molar refractivity (Wildman–Crippen MR) is 127 cm³/mol. The molecule has 0 spiro atoms. The highest BCUT2D eigenvalue weighted by Crippen LogP contribution is 2.44. The van der Waals surface area contributed by atoms with Crippen LogP contribution in [0.3, 0.4) is 0 Å². The second-order valence-electron chi connectivity index (χ2n) is 8.92. The highest BCUT2D eigenvalue weighted by atomic mass is 127. The van der Waals surface area contributed by atoms with Crippen molar-refractivity contribution in [1.82, 2.24) is 0 Å². The van der Waals surface area contributed by atoms with Gasteiger partial charge in [0.25, 0.3) is 0 Å². The van der Waals surface area contributed by atoms with Gasteiger partial charge in [0, 0.05) is 6.84 Å². The summed E-state index contributed by atoms with van der Waals surface area (Å²) in [6, 6.07) is 5.50. The van der Waals surface area contributed by atoms with Gasteiger partial charge in [0.1, 0.15) is 11.4 Å². The number of alkyl halides is 2. The van der Waals surface area contributed by atoms with Crippen LogP contribution < -0.4 is 4.74 Å². The molecular weight excluding hydrogens is 570 g/mol. The lowest BCUT2D eigenvalue weighted by Crippen LogP contribution is -2.28. The van der Waals surface area contributed by atoms with Crippen molar-refractivity contribution in [3.05, 3.63) is 29.3 Å². The van der Waals surface area contributed by atoms with E-state index in [4.69, 9.17) is 9.47 Å². The van der Waals surface area contributed by atoms with Crippen molar-refractivity contribution in [1.29, 1.82) is 0 Å². The number of hydrogen-bond donors (Lipinski definition) is 0. The maximum Gasteiger partial charge on any atom is 0.514 e. The third kappa shape index (κ3) is 8.66. The van der Waals surface area contributed by atoms with Gasteiger partial charge in [-0.2, -0.15) is 0 Å². The predicted octanol–water partition coefficient (Wildman–Crippen LogP) is 7.10. The fraction of sp³-hybridized carbons (Fsp3) is 0.619. The Balaban J connectivity index is 3.27. The fourth-order valence-corrected chi connectivity index (χ4v) is 3.75. The second-order valence-corrected chi connectivity index (χ2v) is 14.6. The molecule has 152 valence electrons. The first-order valence-electron chi connectivity index (χ1n) is 8.93. The summed E-state index contributed by atoms with van der Waals surface area (Å²) < 4.78 is 10.6. The van der Waals surface area contributed by atoms with Crippen LogP contribution in [-0.4, -0.2) is 24.4 Å². The molecule has 0 N–H and O–H groups in total. The lowest BCUT2D eigenvalue weighted by atomic mass is 9.81. The summed E-state index contributed by atoms with van der Waals surface area (Å²) >= 11 is 4.92. The van der Waals surface area contributed by atoms with E-state index in [0.29, 0.717) is 5.56 Å². The summed E-state index contributed by atoms with van der Waals surface area (Å²) in [7, 11) is 0. The average molecular weight is 600 g/mol. The summed E-state index contributed by atoms with van der Waals surface area (Å²) in [5.41, 5.74) is 0.812. The van der Waals surface area contributed by atoms with Crippen molar-refractivity contribution in [3.63, 3.8) is 0 Å². The first kappa shape index (κ1) is 24.7. The zero-order valence-corrected chi connectivity index (χ0v) is 21.7. The Labute approximate surface area is 190 Å². The van der Waals surface area contributed by atoms with Crippen LogP contribution in [0.4, 0.5) is 4.79 Å². The number of carbonyl (C=O) groups excluding carboxylic acids is 2. The molecule has 1 unspecified atom stereocenters. The zero-order valence-electron chi connectivity index (χ0n) is 17.4. The Morgan fingerprint density at radius 1 is 1.04 bits per heavy atom. The van der Waals surface area contributed by atoms with Crippen molar-refractivity contribution in [3.8, 4) is 5.75 Å². The molecule has 0 aliphatic carbocycles. The molecule has 0 aliphatic heterocycles. The summed E-state index contributed by atoms with van der Waals surface area (Å²) in [5, 5.41) is 0. The number of Topliss-reactive ketones (excluding diaryl/α,β-unsaturated/α-hetero) is 1. The summed E-state index contributed by atoms with van der Waals surface area (Å²) in [5.74, 6) is 0.340. The largest absolute Gasteiger partial charge is 0.514 e. The van der Waals surface area contributed by atoms with E-state index < -0.39 is 11.8 Å². The van der Waals surface area contributed by atoms with Crippen LogP contribution in [0, 0.1) is 0 Å². The van der Waals surface area contributed by atoms with Gasteiger partial charge in [-0.1, -0.05) is 78.9 Å². The van der Waals surface area contributed by atoms with Gasteiger partial charge >= 0.3 is 6.16 Å².